The van der Waals surface area contributed by atoms with E-state index in [1.165, 1.54) is 30.8 Å². The number of hydrogen-bond acceptors (Lipinski definition) is 3. The van der Waals surface area contributed by atoms with Crippen molar-refractivity contribution in [2.24, 2.45) is 0 Å². The second kappa shape index (κ2) is 6.42. The van der Waals surface area contributed by atoms with Crippen LogP contribution in [0.4, 0.5) is 15.8 Å². The molecule has 1 heterocycles. The van der Waals surface area contributed by atoms with Crippen LogP contribution in [-0.4, -0.2) is 17.6 Å². The van der Waals surface area contributed by atoms with Crippen LogP contribution in [0.5, 0.6) is 0 Å². The Bertz CT molecular complexity index is 731. The smallest absolute Gasteiger partial charge is 0.238 e. The Morgan fingerprint density at radius 2 is 1.83 bits per heavy atom. The number of thioether (sulfide) groups is 1. The number of nitrogens with zero attached hydrogens (tertiary/aromatic N) is 1. The molecule has 0 radical (unpaired) electrons. The predicted molar refractivity (Wildman–Crippen MR) is 89.8 cm³/mol. The van der Waals surface area contributed by atoms with Crippen LogP contribution in [0, 0.1) is 5.82 Å². The largest absolute Gasteiger partial charge is 0.326 e. The van der Waals surface area contributed by atoms with E-state index in [4.69, 9.17) is 0 Å². The quantitative estimate of drug-likeness (QED) is 0.936. The van der Waals surface area contributed by atoms with Gasteiger partial charge in [0.2, 0.25) is 11.8 Å². The molecule has 3 rings (SSSR count). The molecule has 1 aliphatic heterocycles. The second-order valence-electron chi connectivity index (χ2n) is 5.21. The molecule has 1 N–H and O–H groups in total. The Kier molecular flexibility index (Phi) is 4.34. The van der Waals surface area contributed by atoms with Crippen LogP contribution in [-0.2, 0) is 9.59 Å². The standard InChI is InChI=1S/C17H15FN2O2S/c1-11(21)19-14-6-2-12(3-7-14)17-20(16(22)10-23-17)15-8-4-13(18)5-9-15/h2-9,17H,10H2,1H3,(H,19,21)/t17-/m0/s1. The molecule has 1 atom stereocenters. The van der Waals surface area contributed by atoms with Crippen molar-refractivity contribution in [3.63, 3.8) is 0 Å². The minimum Gasteiger partial charge on any atom is -0.326 e. The zero-order valence-electron chi connectivity index (χ0n) is 12.5. The number of rotatable bonds is 3. The summed E-state index contributed by atoms with van der Waals surface area (Å²) in [6.07, 6.45) is 0. The van der Waals surface area contributed by atoms with E-state index in [9.17, 15) is 14.0 Å². The summed E-state index contributed by atoms with van der Waals surface area (Å²) >= 11 is 1.53. The van der Waals surface area contributed by atoms with Crippen LogP contribution in [0.3, 0.4) is 0 Å². The normalized spacial score (nSPS) is 17.4. The van der Waals surface area contributed by atoms with Gasteiger partial charge in [0, 0.05) is 18.3 Å². The van der Waals surface area contributed by atoms with Gasteiger partial charge in [0.15, 0.2) is 0 Å². The Balaban J connectivity index is 1.87. The summed E-state index contributed by atoms with van der Waals surface area (Å²) in [6, 6.07) is 13.3. The molecule has 0 unspecified atom stereocenters. The molecule has 4 nitrogen and oxygen atoms in total. The highest BCUT2D eigenvalue weighted by molar-refractivity contribution is 8.00. The number of hydrogen-bond donors (Lipinski definition) is 1. The van der Waals surface area contributed by atoms with E-state index in [1.54, 1.807) is 17.0 Å². The van der Waals surface area contributed by atoms with Gasteiger partial charge in [0.1, 0.15) is 11.2 Å². The molecule has 1 aliphatic rings. The summed E-state index contributed by atoms with van der Waals surface area (Å²) < 4.78 is 13.1. The molecule has 2 aromatic rings. The summed E-state index contributed by atoms with van der Waals surface area (Å²) in [6.45, 7) is 1.45. The molecule has 2 aromatic carbocycles. The third-order valence-corrected chi connectivity index (χ3v) is 4.70. The number of amides is 2. The first-order chi connectivity index (χ1) is 11.0. The van der Waals surface area contributed by atoms with Crippen molar-refractivity contribution >= 4 is 35.0 Å². The number of benzene rings is 2. The number of anilines is 2. The SMILES string of the molecule is CC(=O)Nc1ccc([C@@H]2SCC(=O)N2c2ccc(F)cc2)cc1. The minimum absolute atomic E-state index is 0.00227. The maximum absolute atomic E-state index is 13.1. The van der Waals surface area contributed by atoms with Crippen molar-refractivity contribution in [1.29, 1.82) is 0 Å². The maximum Gasteiger partial charge on any atom is 0.238 e. The van der Waals surface area contributed by atoms with Crippen LogP contribution in [0.25, 0.3) is 0 Å². The second-order valence-corrected chi connectivity index (χ2v) is 6.28. The fourth-order valence-electron chi connectivity index (χ4n) is 2.49. The molecule has 0 saturated carbocycles. The van der Waals surface area contributed by atoms with Gasteiger partial charge in [-0.3, -0.25) is 14.5 Å². The van der Waals surface area contributed by atoms with Gasteiger partial charge < -0.3 is 5.32 Å². The highest BCUT2D eigenvalue weighted by Gasteiger charge is 2.33. The summed E-state index contributed by atoms with van der Waals surface area (Å²) in [7, 11) is 0. The van der Waals surface area contributed by atoms with Crippen molar-refractivity contribution in [2.75, 3.05) is 16.0 Å². The molecule has 23 heavy (non-hydrogen) atoms. The molecule has 0 aromatic heterocycles. The lowest BCUT2D eigenvalue weighted by Gasteiger charge is -2.24. The summed E-state index contributed by atoms with van der Waals surface area (Å²) in [5.74, 6) is -0.0759. The summed E-state index contributed by atoms with van der Waals surface area (Å²) in [5.41, 5.74) is 2.35. The number of halogens is 1. The first-order valence-corrected chi connectivity index (χ1v) is 8.16. The zero-order valence-corrected chi connectivity index (χ0v) is 13.3. The van der Waals surface area contributed by atoms with E-state index < -0.39 is 0 Å². The molecule has 0 aliphatic carbocycles. The highest BCUT2D eigenvalue weighted by atomic mass is 32.2. The number of nitrogens with one attached hydrogen (secondary N) is 1. The Labute approximate surface area is 137 Å². The fourth-order valence-corrected chi connectivity index (χ4v) is 3.66. The first-order valence-electron chi connectivity index (χ1n) is 7.11. The highest BCUT2D eigenvalue weighted by Crippen LogP contribution is 2.41. The number of carbonyl (C=O) groups is 2. The lowest BCUT2D eigenvalue weighted by atomic mass is 10.1. The van der Waals surface area contributed by atoms with E-state index in [0.29, 0.717) is 17.1 Å². The molecule has 118 valence electrons. The van der Waals surface area contributed by atoms with Gasteiger partial charge in [-0.2, -0.15) is 0 Å². The predicted octanol–water partition coefficient (Wildman–Crippen LogP) is 3.56. The molecular formula is C17H15FN2O2S. The fraction of sp³-hybridized carbons (Fsp3) is 0.176. The van der Waals surface area contributed by atoms with Gasteiger partial charge in [-0.15, -0.1) is 11.8 Å². The topological polar surface area (TPSA) is 49.4 Å². The van der Waals surface area contributed by atoms with Gasteiger partial charge in [-0.1, -0.05) is 12.1 Å². The van der Waals surface area contributed by atoms with E-state index in [-0.39, 0.29) is 23.0 Å². The van der Waals surface area contributed by atoms with Crippen LogP contribution < -0.4 is 10.2 Å². The lowest BCUT2D eigenvalue weighted by Crippen LogP contribution is -2.27. The average molecular weight is 330 g/mol. The summed E-state index contributed by atoms with van der Waals surface area (Å²) in [4.78, 5) is 25.0. The molecule has 1 fully saturated rings. The third kappa shape index (κ3) is 3.37. The third-order valence-electron chi connectivity index (χ3n) is 3.49. The zero-order chi connectivity index (χ0) is 16.4. The van der Waals surface area contributed by atoms with Crippen molar-refractivity contribution in [1.82, 2.24) is 0 Å². The van der Waals surface area contributed by atoms with Gasteiger partial charge in [0.25, 0.3) is 0 Å². The van der Waals surface area contributed by atoms with E-state index in [1.807, 2.05) is 24.3 Å². The van der Waals surface area contributed by atoms with Gasteiger partial charge >= 0.3 is 0 Å². The molecular weight excluding hydrogens is 315 g/mol. The Morgan fingerprint density at radius 3 is 2.43 bits per heavy atom. The lowest BCUT2D eigenvalue weighted by molar-refractivity contribution is -0.116. The van der Waals surface area contributed by atoms with Crippen LogP contribution in [0.15, 0.2) is 48.5 Å². The van der Waals surface area contributed by atoms with E-state index in [2.05, 4.69) is 5.32 Å². The average Bonchev–Trinajstić information content (AvgIpc) is 2.90. The first kappa shape index (κ1) is 15.6. The van der Waals surface area contributed by atoms with Crippen LogP contribution in [0.2, 0.25) is 0 Å². The molecule has 0 spiro atoms. The Morgan fingerprint density at radius 1 is 1.17 bits per heavy atom. The minimum atomic E-state index is -0.329. The van der Waals surface area contributed by atoms with E-state index in [0.717, 1.165) is 5.56 Å². The van der Waals surface area contributed by atoms with Crippen molar-refractivity contribution in [2.45, 2.75) is 12.3 Å². The molecule has 6 heteroatoms. The number of carbonyl (C=O) groups excluding carboxylic acids is 2. The van der Waals surface area contributed by atoms with Gasteiger partial charge in [0.05, 0.1) is 5.75 Å². The van der Waals surface area contributed by atoms with Crippen LogP contribution in [0.1, 0.15) is 17.9 Å². The molecule has 2 amide bonds. The van der Waals surface area contributed by atoms with Crippen molar-refractivity contribution in [3.8, 4) is 0 Å². The van der Waals surface area contributed by atoms with Gasteiger partial charge in [-0.05, 0) is 42.0 Å². The molecule has 0 bridgehead atoms. The maximum atomic E-state index is 13.1. The van der Waals surface area contributed by atoms with Crippen molar-refractivity contribution in [3.05, 3.63) is 59.9 Å². The van der Waals surface area contributed by atoms with Gasteiger partial charge in [-0.25, -0.2) is 4.39 Å². The molecule has 1 saturated heterocycles. The van der Waals surface area contributed by atoms with E-state index >= 15 is 0 Å². The van der Waals surface area contributed by atoms with Crippen LogP contribution >= 0.6 is 11.8 Å². The monoisotopic (exact) mass is 330 g/mol. The van der Waals surface area contributed by atoms with Crippen molar-refractivity contribution < 1.29 is 14.0 Å². The Hall–Kier alpha value is -2.34. The summed E-state index contributed by atoms with van der Waals surface area (Å²) in [5, 5.41) is 2.56.